The predicted molar refractivity (Wildman–Crippen MR) is 132 cm³/mol. The zero-order valence-corrected chi connectivity index (χ0v) is 20.8. The first-order chi connectivity index (χ1) is 14.1. The lowest BCUT2D eigenvalue weighted by atomic mass is 9.68. The van der Waals surface area contributed by atoms with Crippen molar-refractivity contribution in [2.75, 3.05) is 0 Å². The van der Waals surface area contributed by atoms with Crippen molar-refractivity contribution in [3.8, 4) is 0 Å². The second-order valence-corrected chi connectivity index (χ2v) is 11.3. The van der Waals surface area contributed by atoms with Crippen molar-refractivity contribution >= 4 is 22.6 Å². The summed E-state index contributed by atoms with van der Waals surface area (Å²) < 4.78 is 14.6. The lowest BCUT2D eigenvalue weighted by Crippen LogP contribution is -2.24. The van der Waals surface area contributed by atoms with Gasteiger partial charge in [-0.3, -0.25) is 0 Å². The van der Waals surface area contributed by atoms with Crippen molar-refractivity contribution in [1.82, 2.24) is 0 Å². The normalized spacial score (nSPS) is 24.5. The van der Waals surface area contributed by atoms with E-state index in [-0.39, 0.29) is 5.82 Å². The molecule has 0 radical (unpaired) electrons. The molecular formula is C27H42FI. The maximum atomic E-state index is 13.9. The van der Waals surface area contributed by atoms with Crippen LogP contribution in [0, 0.1) is 20.7 Å². The highest BCUT2D eigenvalue weighted by Gasteiger charge is 2.31. The molecule has 2 aliphatic rings. The highest BCUT2D eigenvalue weighted by molar-refractivity contribution is 14.1. The molecule has 0 nitrogen and oxygen atoms in total. The van der Waals surface area contributed by atoms with Gasteiger partial charge in [-0.05, 0) is 109 Å². The fourth-order valence-electron chi connectivity index (χ4n) is 6.16. The van der Waals surface area contributed by atoms with Crippen LogP contribution in [-0.2, 0) is 0 Å². The van der Waals surface area contributed by atoms with Gasteiger partial charge >= 0.3 is 0 Å². The van der Waals surface area contributed by atoms with E-state index in [1.54, 1.807) is 6.07 Å². The van der Waals surface area contributed by atoms with E-state index in [9.17, 15) is 4.39 Å². The van der Waals surface area contributed by atoms with Crippen molar-refractivity contribution in [2.45, 2.75) is 122 Å². The van der Waals surface area contributed by atoms with E-state index in [0.29, 0.717) is 11.3 Å². The minimum Gasteiger partial charge on any atom is -0.206 e. The molecule has 164 valence electrons. The quantitative estimate of drug-likeness (QED) is 0.216. The molecule has 0 aliphatic heterocycles. The summed E-state index contributed by atoms with van der Waals surface area (Å²) >= 11 is 2.08. The molecule has 2 saturated carbocycles. The third kappa shape index (κ3) is 7.21. The molecule has 0 spiro atoms. The summed E-state index contributed by atoms with van der Waals surface area (Å²) in [5.74, 6) is 1.46. The number of halogens is 2. The highest BCUT2D eigenvalue weighted by atomic mass is 127. The molecule has 29 heavy (non-hydrogen) atoms. The summed E-state index contributed by atoms with van der Waals surface area (Å²) in [5, 5.41) is 0. The molecule has 0 amide bonds. The Morgan fingerprint density at radius 1 is 0.931 bits per heavy atom. The average molecular weight is 513 g/mol. The zero-order valence-electron chi connectivity index (χ0n) is 18.7. The predicted octanol–water partition coefficient (Wildman–Crippen LogP) is 9.80. The standard InChI is InChI=1S/C27H42FI/c1-2-3-6-17-27(18-7-4-8-19-27)20-9-5-10-22-11-13-23(14-12-22)24-15-16-26(29)25(28)21-24/h15-16,21-23H,2-14,17-20H2,1H3. The summed E-state index contributed by atoms with van der Waals surface area (Å²) in [6.07, 6.45) is 24.2. The first kappa shape index (κ1) is 23.5. The van der Waals surface area contributed by atoms with Crippen LogP contribution >= 0.6 is 22.6 Å². The Balaban J connectivity index is 1.37. The molecule has 2 heteroatoms. The van der Waals surface area contributed by atoms with E-state index >= 15 is 0 Å². The van der Waals surface area contributed by atoms with E-state index < -0.39 is 0 Å². The molecule has 1 aromatic rings. The molecule has 0 atom stereocenters. The van der Waals surface area contributed by atoms with E-state index in [0.717, 1.165) is 9.49 Å². The van der Waals surface area contributed by atoms with Crippen LogP contribution in [0.1, 0.15) is 128 Å². The number of benzene rings is 1. The Labute approximate surface area is 193 Å². The lowest BCUT2D eigenvalue weighted by Gasteiger charge is -2.38. The van der Waals surface area contributed by atoms with Crippen LogP contribution < -0.4 is 0 Å². The molecular weight excluding hydrogens is 470 g/mol. The lowest BCUT2D eigenvalue weighted by molar-refractivity contribution is 0.145. The van der Waals surface area contributed by atoms with Crippen molar-refractivity contribution in [3.63, 3.8) is 0 Å². The second kappa shape index (κ2) is 12.1. The topological polar surface area (TPSA) is 0 Å². The Morgan fingerprint density at radius 2 is 1.62 bits per heavy atom. The summed E-state index contributed by atoms with van der Waals surface area (Å²) in [4.78, 5) is 0. The fraction of sp³-hybridized carbons (Fsp3) is 0.778. The van der Waals surface area contributed by atoms with Gasteiger partial charge in [-0.25, -0.2) is 4.39 Å². The average Bonchev–Trinajstić information content (AvgIpc) is 2.75. The first-order valence-electron chi connectivity index (χ1n) is 12.6. The maximum Gasteiger partial charge on any atom is 0.136 e. The van der Waals surface area contributed by atoms with Crippen molar-refractivity contribution in [2.24, 2.45) is 11.3 Å². The van der Waals surface area contributed by atoms with E-state index in [2.05, 4.69) is 35.6 Å². The van der Waals surface area contributed by atoms with Crippen LogP contribution in [-0.4, -0.2) is 0 Å². The van der Waals surface area contributed by atoms with Gasteiger partial charge in [0.1, 0.15) is 5.82 Å². The number of hydrogen-bond acceptors (Lipinski definition) is 0. The van der Waals surface area contributed by atoms with Crippen LogP contribution in [0.25, 0.3) is 0 Å². The van der Waals surface area contributed by atoms with Gasteiger partial charge in [-0.15, -0.1) is 0 Å². The summed E-state index contributed by atoms with van der Waals surface area (Å²) in [7, 11) is 0. The molecule has 3 rings (SSSR count). The van der Waals surface area contributed by atoms with Gasteiger partial charge in [0.2, 0.25) is 0 Å². The molecule has 0 N–H and O–H groups in total. The van der Waals surface area contributed by atoms with Crippen molar-refractivity contribution in [3.05, 3.63) is 33.1 Å². The van der Waals surface area contributed by atoms with E-state index in [1.807, 2.05) is 6.07 Å². The Hall–Kier alpha value is -0.120. The van der Waals surface area contributed by atoms with Gasteiger partial charge in [-0.2, -0.15) is 0 Å². The Bertz CT molecular complexity index is 597. The molecule has 2 aliphatic carbocycles. The van der Waals surface area contributed by atoms with Gasteiger partial charge in [-0.1, -0.05) is 70.8 Å². The van der Waals surface area contributed by atoms with Gasteiger partial charge in [0.05, 0.1) is 0 Å². The molecule has 0 saturated heterocycles. The summed E-state index contributed by atoms with van der Waals surface area (Å²) in [6, 6.07) is 5.88. The molecule has 2 fully saturated rings. The van der Waals surface area contributed by atoms with Crippen LogP contribution in [0.3, 0.4) is 0 Å². The zero-order chi connectivity index (χ0) is 20.5. The molecule has 0 aromatic heterocycles. The molecule has 0 unspecified atom stereocenters. The highest BCUT2D eigenvalue weighted by Crippen LogP contribution is 2.45. The van der Waals surface area contributed by atoms with Crippen LogP contribution in [0.4, 0.5) is 4.39 Å². The van der Waals surface area contributed by atoms with Gasteiger partial charge in [0.25, 0.3) is 0 Å². The van der Waals surface area contributed by atoms with Crippen LogP contribution in [0.2, 0.25) is 0 Å². The monoisotopic (exact) mass is 512 g/mol. The molecule has 0 heterocycles. The van der Waals surface area contributed by atoms with Crippen molar-refractivity contribution in [1.29, 1.82) is 0 Å². The van der Waals surface area contributed by atoms with Crippen LogP contribution in [0.15, 0.2) is 18.2 Å². The minimum atomic E-state index is -0.0409. The number of hydrogen-bond donors (Lipinski definition) is 0. The molecule has 1 aromatic carbocycles. The van der Waals surface area contributed by atoms with Crippen molar-refractivity contribution < 1.29 is 4.39 Å². The minimum absolute atomic E-state index is 0.0409. The van der Waals surface area contributed by atoms with Gasteiger partial charge < -0.3 is 0 Å². The number of rotatable bonds is 10. The van der Waals surface area contributed by atoms with E-state index in [4.69, 9.17) is 0 Å². The van der Waals surface area contributed by atoms with Gasteiger partial charge in [0, 0.05) is 3.57 Å². The third-order valence-corrected chi connectivity index (χ3v) is 8.93. The smallest absolute Gasteiger partial charge is 0.136 e. The van der Waals surface area contributed by atoms with Crippen LogP contribution in [0.5, 0.6) is 0 Å². The van der Waals surface area contributed by atoms with Gasteiger partial charge in [0.15, 0.2) is 0 Å². The fourth-order valence-corrected chi connectivity index (χ4v) is 6.50. The first-order valence-corrected chi connectivity index (χ1v) is 13.6. The second-order valence-electron chi connectivity index (χ2n) is 10.2. The maximum absolute atomic E-state index is 13.9. The largest absolute Gasteiger partial charge is 0.206 e. The number of unbranched alkanes of at least 4 members (excludes halogenated alkanes) is 3. The summed E-state index contributed by atoms with van der Waals surface area (Å²) in [6.45, 7) is 2.33. The Morgan fingerprint density at radius 3 is 2.28 bits per heavy atom. The van der Waals surface area contributed by atoms with E-state index in [1.165, 1.54) is 115 Å². The molecule has 0 bridgehead atoms. The Kier molecular flexibility index (Phi) is 9.78. The summed E-state index contributed by atoms with van der Waals surface area (Å²) in [5.41, 5.74) is 1.94. The SMILES string of the molecule is CCCCCC1(CCCCC2CCC(c3ccc(I)c(F)c3)CC2)CCCCC1. The third-order valence-electron chi connectivity index (χ3n) is 8.06.